The molecule has 1 fully saturated rings. The van der Waals surface area contributed by atoms with Crippen LogP contribution in [0.3, 0.4) is 0 Å². The van der Waals surface area contributed by atoms with E-state index in [1.165, 1.54) is 7.11 Å². The fourth-order valence-corrected chi connectivity index (χ4v) is 1.79. The lowest BCUT2D eigenvalue weighted by Gasteiger charge is -2.13. The molecule has 1 aliphatic rings. The van der Waals surface area contributed by atoms with Crippen molar-refractivity contribution >= 4 is 18.0 Å². The van der Waals surface area contributed by atoms with Gasteiger partial charge in [0.25, 0.3) is 5.91 Å². The molecule has 1 aromatic rings. The van der Waals surface area contributed by atoms with Crippen molar-refractivity contribution in [3.8, 4) is 0 Å². The first-order chi connectivity index (χ1) is 10.6. The Labute approximate surface area is 126 Å². The minimum Gasteiger partial charge on any atom is -0.468 e. The van der Waals surface area contributed by atoms with E-state index in [1.54, 1.807) is 0 Å². The molecule has 0 aromatic heterocycles. The highest BCUT2D eigenvalue weighted by Crippen LogP contribution is 2.08. The van der Waals surface area contributed by atoms with Crippen LogP contribution in [-0.2, 0) is 30.5 Å². The van der Waals surface area contributed by atoms with Crippen molar-refractivity contribution in [2.75, 3.05) is 20.3 Å². The Kier molecular flexibility index (Phi) is 5.31. The van der Waals surface area contributed by atoms with E-state index in [9.17, 15) is 14.4 Å². The molecule has 22 heavy (non-hydrogen) atoms. The molecule has 8 nitrogen and oxygen atoms in total. The molecule has 1 atom stereocenters. The first-order valence-electron chi connectivity index (χ1n) is 6.58. The second-order valence-electron chi connectivity index (χ2n) is 4.51. The number of alkyl carbamates (subject to hydrolysis) is 1. The Bertz CT molecular complexity index is 548. The highest BCUT2D eigenvalue weighted by Gasteiger charge is 2.36. The first-order valence-corrected chi connectivity index (χ1v) is 6.58. The number of nitrogens with zero attached hydrogens (tertiary/aromatic N) is 1. The summed E-state index contributed by atoms with van der Waals surface area (Å²) in [5, 5.41) is 3.25. The number of benzene rings is 1. The van der Waals surface area contributed by atoms with E-state index in [-0.39, 0.29) is 19.8 Å². The third-order valence-electron chi connectivity index (χ3n) is 2.95. The lowest BCUT2D eigenvalue weighted by Crippen LogP contribution is -2.43. The van der Waals surface area contributed by atoms with Crippen molar-refractivity contribution < 1.29 is 28.7 Å². The molecule has 1 saturated heterocycles. The van der Waals surface area contributed by atoms with Crippen LogP contribution in [0.1, 0.15) is 5.56 Å². The molecule has 0 bridgehead atoms. The van der Waals surface area contributed by atoms with Crippen molar-refractivity contribution in [2.45, 2.75) is 12.6 Å². The van der Waals surface area contributed by atoms with E-state index in [2.05, 4.69) is 10.1 Å². The van der Waals surface area contributed by atoms with Crippen molar-refractivity contribution in [1.29, 1.82) is 0 Å². The molecule has 2 rings (SSSR count). The largest absolute Gasteiger partial charge is 0.468 e. The van der Waals surface area contributed by atoms with E-state index in [4.69, 9.17) is 9.57 Å². The Morgan fingerprint density at radius 3 is 2.77 bits per heavy atom. The number of carbonyl (C=O) groups excluding carboxylic acids is 3. The zero-order valence-corrected chi connectivity index (χ0v) is 12.0. The van der Waals surface area contributed by atoms with Crippen LogP contribution in [0, 0.1) is 0 Å². The molecule has 0 radical (unpaired) electrons. The average molecular weight is 308 g/mol. The SMILES string of the molecule is COC(=O)CN1OCC(NC(=O)OCc2ccccc2)C1=O. The molecule has 1 aromatic carbocycles. The number of methoxy groups -OCH3 is 1. The van der Waals surface area contributed by atoms with Crippen LogP contribution in [0.5, 0.6) is 0 Å². The number of rotatable bonds is 5. The van der Waals surface area contributed by atoms with Gasteiger partial charge in [-0.2, -0.15) is 0 Å². The van der Waals surface area contributed by atoms with Gasteiger partial charge < -0.3 is 14.8 Å². The maximum Gasteiger partial charge on any atom is 0.408 e. The number of hydrogen-bond donors (Lipinski definition) is 1. The molecule has 2 amide bonds. The van der Waals surface area contributed by atoms with Crippen LogP contribution in [0.2, 0.25) is 0 Å². The summed E-state index contributed by atoms with van der Waals surface area (Å²) in [6.07, 6.45) is -0.731. The molecule has 118 valence electrons. The van der Waals surface area contributed by atoms with Gasteiger partial charge in [0.05, 0.1) is 7.11 Å². The number of amides is 2. The smallest absolute Gasteiger partial charge is 0.408 e. The number of carbonyl (C=O) groups is 3. The monoisotopic (exact) mass is 308 g/mol. The lowest BCUT2D eigenvalue weighted by atomic mass is 10.2. The normalized spacial score (nSPS) is 17.2. The highest BCUT2D eigenvalue weighted by atomic mass is 16.7. The molecule has 0 aliphatic carbocycles. The third-order valence-corrected chi connectivity index (χ3v) is 2.95. The van der Waals surface area contributed by atoms with Crippen molar-refractivity contribution in [3.63, 3.8) is 0 Å². The Morgan fingerprint density at radius 2 is 2.09 bits per heavy atom. The molecule has 0 spiro atoms. The van der Waals surface area contributed by atoms with Crippen LogP contribution in [0.4, 0.5) is 4.79 Å². The predicted octanol–water partition coefficient (Wildman–Crippen LogP) is 0.228. The van der Waals surface area contributed by atoms with Gasteiger partial charge in [0.15, 0.2) is 0 Å². The molecular weight excluding hydrogens is 292 g/mol. The summed E-state index contributed by atoms with van der Waals surface area (Å²) in [4.78, 5) is 39.7. The molecule has 1 heterocycles. The number of nitrogens with one attached hydrogen (secondary N) is 1. The zero-order chi connectivity index (χ0) is 15.9. The minimum absolute atomic E-state index is 0.0593. The topological polar surface area (TPSA) is 94.2 Å². The fraction of sp³-hybridized carbons (Fsp3) is 0.357. The van der Waals surface area contributed by atoms with Gasteiger partial charge in [-0.25, -0.2) is 9.86 Å². The van der Waals surface area contributed by atoms with E-state index in [0.717, 1.165) is 10.6 Å². The Balaban J connectivity index is 1.77. The zero-order valence-electron chi connectivity index (χ0n) is 12.0. The quantitative estimate of drug-likeness (QED) is 0.783. The molecule has 0 saturated carbocycles. The summed E-state index contributed by atoms with van der Waals surface area (Å²) in [5.74, 6) is -1.14. The molecular formula is C14H16N2O6. The van der Waals surface area contributed by atoms with Gasteiger partial charge in [-0.3, -0.25) is 14.4 Å². The van der Waals surface area contributed by atoms with Gasteiger partial charge in [-0.15, -0.1) is 0 Å². The van der Waals surface area contributed by atoms with Crippen LogP contribution in [0.25, 0.3) is 0 Å². The Hall–Kier alpha value is -2.61. The van der Waals surface area contributed by atoms with Crippen LogP contribution in [-0.4, -0.2) is 49.3 Å². The van der Waals surface area contributed by atoms with Gasteiger partial charge in [0, 0.05) is 0 Å². The summed E-state index contributed by atoms with van der Waals surface area (Å²) in [5.41, 5.74) is 0.832. The standard InChI is InChI=1S/C14H16N2O6/c1-20-12(17)7-16-13(18)11(9-22-16)15-14(19)21-8-10-5-3-2-4-6-10/h2-6,11H,7-9H2,1H3,(H,15,19). The van der Waals surface area contributed by atoms with E-state index in [1.807, 2.05) is 30.3 Å². The maximum atomic E-state index is 11.9. The lowest BCUT2D eigenvalue weighted by molar-refractivity contribution is -0.173. The maximum absolute atomic E-state index is 11.9. The summed E-state index contributed by atoms with van der Waals surface area (Å²) in [7, 11) is 1.21. The van der Waals surface area contributed by atoms with Crippen LogP contribution in [0.15, 0.2) is 30.3 Å². The van der Waals surface area contributed by atoms with E-state index < -0.39 is 24.0 Å². The first kappa shape index (κ1) is 15.8. The summed E-state index contributed by atoms with van der Waals surface area (Å²) < 4.78 is 9.45. The van der Waals surface area contributed by atoms with Gasteiger partial charge in [0.1, 0.15) is 25.8 Å². The highest BCUT2D eigenvalue weighted by molar-refractivity contribution is 5.88. The van der Waals surface area contributed by atoms with E-state index in [0.29, 0.717) is 0 Å². The van der Waals surface area contributed by atoms with Crippen LogP contribution < -0.4 is 5.32 Å². The number of hydroxylamine groups is 2. The summed E-state index contributed by atoms with van der Waals surface area (Å²) in [6, 6.07) is 8.26. The van der Waals surface area contributed by atoms with Gasteiger partial charge >= 0.3 is 12.1 Å². The molecule has 1 unspecified atom stereocenters. The predicted molar refractivity (Wildman–Crippen MR) is 73.2 cm³/mol. The Morgan fingerprint density at radius 1 is 1.36 bits per heavy atom. The van der Waals surface area contributed by atoms with Crippen LogP contribution >= 0.6 is 0 Å². The summed E-state index contributed by atoms with van der Waals surface area (Å²) >= 11 is 0. The van der Waals surface area contributed by atoms with Gasteiger partial charge in [-0.1, -0.05) is 30.3 Å². The minimum atomic E-state index is -0.882. The molecule has 8 heteroatoms. The molecule has 1 aliphatic heterocycles. The van der Waals surface area contributed by atoms with Gasteiger partial charge in [0.2, 0.25) is 0 Å². The number of esters is 1. The molecule has 1 N–H and O–H groups in total. The number of ether oxygens (including phenoxy) is 2. The second kappa shape index (κ2) is 7.41. The third kappa shape index (κ3) is 4.19. The second-order valence-corrected chi connectivity index (χ2v) is 4.51. The van der Waals surface area contributed by atoms with Crippen molar-refractivity contribution in [1.82, 2.24) is 10.4 Å². The van der Waals surface area contributed by atoms with Crippen molar-refractivity contribution in [3.05, 3.63) is 35.9 Å². The number of hydrogen-bond acceptors (Lipinski definition) is 6. The van der Waals surface area contributed by atoms with Crippen molar-refractivity contribution in [2.24, 2.45) is 0 Å². The average Bonchev–Trinajstić information content (AvgIpc) is 2.87. The summed E-state index contributed by atoms with van der Waals surface area (Å²) in [6.45, 7) is -0.289. The van der Waals surface area contributed by atoms with E-state index >= 15 is 0 Å². The fourth-order valence-electron chi connectivity index (χ4n) is 1.79. The van der Waals surface area contributed by atoms with Gasteiger partial charge in [-0.05, 0) is 5.56 Å².